The monoisotopic (exact) mass is 714 g/mol. The SMILES string of the molecule is COc1ccc(C[C@H]2NC(=O)/C=C/C[C@@H]([C@H](C)[C@@H](O)[C@H](OC=O)c3ccccc3)OC(=O)[C@H](CC(C)C)OC(=O)C(C)(C)CNC2=O)cc1Cl. The highest BCUT2D eigenvalue weighted by Crippen LogP contribution is 2.30. The predicted octanol–water partition coefficient (Wildman–Crippen LogP) is 4.26. The average molecular weight is 715 g/mol. The van der Waals surface area contributed by atoms with E-state index in [-0.39, 0.29) is 38.2 Å². The number of cyclic esters (lactones) is 2. The Morgan fingerprint density at radius 2 is 1.76 bits per heavy atom. The number of hydrogen-bond acceptors (Lipinski definition) is 10. The van der Waals surface area contributed by atoms with Crippen molar-refractivity contribution in [3.63, 3.8) is 0 Å². The molecule has 0 saturated carbocycles. The number of carbonyl (C=O) groups excluding carboxylic acids is 5. The molecule has 13 heteroatoms. The molecule has 3 N–H and O–H groups in total. The van der Waals surface area contributed by atoms with E-state index in [2.05, 4.69) is 10.6 Å². The minimum atomic E-state index is -1.34. The summed E-state index contributed by atoms with van der Waals surface area (Å²) in [7, 11) is 1.48. The van der Waals surface area contributed by atoms with Gasteiger partial charge in [-0.2, -0.15) is 0 Å². The third kappa shape index (κ3) is 11.3. The van der Waals surface area contributed by atoms with Crippen molar-refractivity contribution in [2.45, 2.75) is 84.3 Å². The minimum absolute atomic E-state index is 0.0568. The Balaban J connectivity index is 1.99. The lowest BCUT2D eigenvalue weighted by Gasteiger charge is -2.33. The summed E-state index contributed by atoms with van der Waals surface area (Å²) in [6.07, 6.45) is -1.98. The van der Waals surface area contributed by atoms with Crippen LogP contribution in [0.2, 0.25) is 5.02 Å². The molecule has 6 atom stereocenters. The van der Waals surface area contributed by atoms with Crippen LogP contribution in [0.5, 0.6) is 5.75 Å². The molecular weight excluding hydrogens is 668 g/mol. The van der Waals surface area contributed by atoms with Crippen LogP contribution < -0.4 is 15.4 Å². The molecule has 0 bridgehead atoms. The molecule has 1 heterocycles. The van der Waals surface area contributed by atoms with Crippen LogP contribution in [-0.2, 0) is 44.6 Å². The van der Waals surface area contributed by atoms with E-state index in [1.165, 1.54) is 19.3 Å². The Hall–Kier alpha value is -4.42. The van der Waals surface area contributed by atoms with Gasteiger partial charge in [0.25, 0.3) is 6.47 Å². The van der Waals surface area contributed by atoms with E-state index in [0.717, 1.165) is 0 Å². The molecule has 2 amide bonds. The van der Waals surface area contributed by atoms with Crippen LogP contribution in [0.4, 0.5) is 0 Å². The van der Waals surface area contributed by atoms with Crippen LogP contribution in [0.3, 0.4) is 0 Å². The summed E-state index contributed by atoms with van der Waals surface area (Å²) in [6, 6.07) is 12.5. The van der Waals surface area contributed by atoms with Gasteiger partial charge >= 0.3 is 11.9 Å². The number of ether oxygens (including phenoxy) is 4. The number of halogens is 1. The van der Waals surface area contributed by atoms with Crippen LogP contribution in [0, 0.1) is 17.3 Å². The molecule has 1 aliphatic rings. The van der Waals surface area contributed by atoms with E-state index in [4.69, 9.17) is 30.5 Å². The molecular formula is C37H47ClN2O10. The Labute approximate surface area is 297 Å². The van der Waals surface area contributed by atoms with E-state index in [1.807, 2.05) is 13.8 Å². The number of nitrogens with one attached hydrogen (secondary N) is 2. The van der Waals surface area contributed by atoms with Crippen LogP contribution in [0.15, 0.2) is 60.7 Å². The Morgan fingerprint density at radius 3 is 2.38 bits per heavy atom. The first-order valence-electron chi connectivity index (χ1n) is 16.5. The first-order valence-corrected chi connectivity index (χ1v) is 16.9. The second-order valence-corrected chi connectivity index (χ2v) is 13.8. The second-order valence-electron chi connectivity index (χ2n) is 13.4. The fraction of sp³-hybridized carbons (Fsp3) is 0.486. The molecule has 12 nitrogen and oxygen atoms in total. The number of aliphatic hydroxyl groups is 1. The summed E-state index contributed by atoms with van der Waals surface area (Å²) in [4.78, 5) is 65.2. The lowest BCUT2D eigenvalue weighted by atomic mass is 9.89. The van der Waals surface area contributed by atoms with Gasteiger partial charge in [0.05, 0.1) is 17.5 Å². The molecule has 2 aromatic rings. The van der Waals surface area contributed by atoms with Gasteiger partial charge in [-0.3, -0.25) is 19.2 Å². The van der Waals surface area contributed by atoms with Gasteiger partial charge in [-0.1, -0.05) is 74.8 Å². The Kier molecular flexibility index (Phi) is 14.8. The normalized spacial score (nSPS) is 22.9. The number of methoxy groups -OCH3 is 1. The van der Waals surface area contributed by atoms with Crippen molar-refractivity contribution in [1.29, 1.82) is 0 Å². The van der Waals surface area contributed by atoms with E-state index in [0.29, 0.717) is 21.9 Å². The highest BCUT2D eigenvalue weighted by Gasteiger charge is 2.39. The Morgan fingerprint density at radius 1 is 1.06 bits per heavy atom. The first kappa shape index (κ1) is 40.0. The standard InChI is InChI=1S/C37H47ClN2O10/c1-22(2)17-30-35(45)49-28(23(3)32(43)33(48-21-41)25-11-8-7-9-12-25)13-10-14-31(42)40-27(19-24-15-16-29(47-6)26(38)18-24)34(44)39-20-37(4,5)36(46)50-30/h7-12,14-16,18,21-23,27-28,30,32-33,43H,13,17,19-20H2,1-6H3,(H,39,44)(H,40,42)/b14-10+/t23-,27+,28-,30-,32+,33+/m0/s1. The maximum absolute atomic E-state index is 13.6. The first-order chi connectivity index (χ1) is 23.7. The van der Waals surface area contributed by atoms with Crippen molar-refractivity contribution in [3.05, 3.63) is 76.8 Å². The number of carbonyl (C=O) groups is 5. The van der Waals surface area contributed by atoms with Crippen LogP contribution in [0.25, 0.3) is 0 Å². The number of amides is 2. The maximum atomic E-state index is 13.6. The summed E-state index contributed by atoms with van der Waals surface area (Å²) in [5.74, 6) is -3.23. The number of esters is 2. The van der Waals surface area contributed by atoms with Gasteiger partial charge in [0.15, 0.2) is 12.2 Å². The van der Waals surface area contributed by atoms with Crippen molar-refractivity contribution in [2.24, 2.45) is 17.3 Å². The molecule has 2 aromatic carbocycles. The fourth-order valence-electron chi connectivity index (χ4n) is 5.37. The van der Waals surface area contributed by atoms with Gasteiger partial charge < -0.3 is 34.7 Å². The van der Waals surface area contributed by atoms with Gasteiger partial charge in [-0.05, 0) is 55.5 Å². The van der Waals surface area contributed by atoms with Gasteiger partial charge in [0, 0.05) is 25.3 Å². The molecule has 3 rings (SSSR count). The zero-order chi connectivity index (χ0) is 37.0. The predicted molar refractivity (Wildman–Crippen MR) is 185 cm³/mol. The van der Waals surface area contributed by atoms with Gasteiger partial charge in [0.1, 0.15) is 24.0 Å². The van der Waals surface area contributed by atoms with Crippen molar-refractivity contribution in [3.8, 4) is 5.75 Å². The van der Waals surface area contributed by atoms with Gasteiger partial charge in [-0.15, -0.1) is 0 Å². The average Bonchev–Trinajstić information content (AvgIpc) is 3.07. The molecule has 0 radical (unpaired) electrons. The summed E-state index contributed by atoms with van der Waals surface area (Å²) in [5, 5.41) is 17.2. The van der Waals surface area contributed by atoms with E-state index in [9.17, 15) is 29.1 Å². The highest BCUT2D eigenvalue weighted by molar-refractivity contribution is 6.32. The highest BCUT2D eigenvalue weighted by atomic mass is 35.5. The summed E-state index contributed by atoms with van der Waals surface area (Å²) < 4.78 is 22.1. The zero-order valence-electron chi connectivity index (χ0n) is 29.2. The van der Waals surface area contributed by atoms with Crippen LogP contribution in [-0.4, -0.2) is 73.3 Å². The molecule has 272 valence electrons. The number of aliphatic hydroxyl groups excluding tert-OH is 1. The van der Waals surface area contributed by atoms with Gasteiger partial charge in [0.2, 0.25) is 11.8 Å². The number of rotatable bonds is 11. The largest absolute Gasteiger partial charge is 0.495 e. The third-order valence-corrected chi connectivity index (χ3v) is 8.71. The van der Waals surface area contributed by atoms with Crippen LogP contribution in [0.1, 0.15) is 64.7 Å². The molecule has 50 heavy (non-hydrogen) atoms. The molecule has 1 aliphatic heterocycles. The molecule has 0 aromatic heterocycles. The number of benzene rings is 2. The summed E-state index contributed by atoms with van der Waals surface area (Å²) in [5.41, 5.74) is -0.118. The molecule has 0 aliphatic carbocycles. The van der Waals surface area contributed by atoms with E-state index in [1.54, 1.807) is 69.3 Å². The molecule has 0 fully saturated rings. The summed E-state index contributed by atoms with van der Waals surface area (Å²) in [6.45, 7) is 8.52. The lowest BCUT2D eigenvalue weighted by molar-refractivity contribution is -0.181. The van der Waals surface area contributed by atoms with Crippen molar-refractivity contribution in [2.75, 3.05) is 13.7 Å². The molecule has 0 spiro atoms. The Bertz CT molecular complexity index is 1510. The maximum Gasteiger partial charge on any atom is 0.347 e. The third-order valence-electron chi connectivity index (χ3n) is 8.41. The van der Waals surface area contributed by atoms with E-state index < -0.39 is 65.5 Å². The fourth-order valence-corrected chi connectivity index (χ4v) is 5.65. The van der Waals surface area contributed by atoms with Gasteiger partial charge in [-0.25, -0.2) is 4.79 Å². The molecule has 0 saturated heterocycles. The van der Waals surface area contributed by atoms with Crippen LogP contribution >= 0.6 is 11.6 Å². The van der Waals surface area contributed by atoms with Crippen molar-refractivity contribution >= 4 is 41.8 Å². The zero-order valence-corrected chi connectivity index (χ0v) is 30.0. The second kappa shape index (κ2) is 18.5. The summed E-state index contributed by atoms with van der Waals surface area (Å²) >= 11 is 6.31. The van der Waals surface area contributed by atoms with E-state index >= 15 is 0 Å². The lowest BCUT2D eigenvalue weighted by Crippen LogP contribution is -2.51. The minimum Gasteiger partial charge on any atom is -0.495 e. The number of hydrogen-bond donors (Lipinski definition) is 3. The quantitative estimate of drug-likeness (QED) is 0.174. The van der Waals surface area contributed by atoms with Crippen molar-refractivity contribution < 1.29 is 48.0 Å². The topological polar surface area (TPSA) is 167 Å². The smallest absolute Gasteiger partial charge is 0.347 e. The molecule has 0 unspecified atom stereocenters. The van der Waals surface area contributed by atoms with Crippen molar-refractivity contribution in [1.82, 2.24) is 10.6 Å².